The van der Waals surface area contributed by atoms with Gasteiger partial charge >= 0.3 is 0 Å². The van der Waals surface area contributed by atoms with Crippen LogP contribution in [0.1, 0.15) is 27.7 Å². The van der Waals surface area contributed by atoms with Gasteiger partial charge in [-0.1, -0.05) is 6.08 Å². The summed E-state index contributed by atoms with van der Waals surface area (Å²) in [4.78, 5) is 11.0. The number of carbonyl (C=O) groups excluding carboxylic acids is 1. The molecule has 2 N–H and O–H groups in total. The standard InChI is InChI=1S/C9H15N2O2/c1-8(2)5-6(7(10)12)9(3,4)11(8)13/h5H,1-4H3,(H2,10,12). The normalized spacial score (nSPS) is 25.8. The number of hydrogen-bond donors (Lipinski definition) is 1. The number of primary amides is 1. The average molecular weight is 183 g/mol. The Bertz CT molecular complexity index is 279. The van der Waals surface area contributed by atoms with E-state index in [1.165, 1.54) is 0 Å². The molecule has 1 radical (unpaired) electrons. The Morgan fingerprint density at radius 2 is 1.85 bits per heavy atom. The molecule has 0 unspecified atom stereocenters. The maximum absolute atomic E-state index is 11.7. The first-order chi connectivity index (χ1) is 5.69. The third-order valence-electron chi connectivity index (χ3n) is 2.45. The molecule has 0 fully saturated rings. The van der Waals surface area contributed by atoms with Crippen molar-refractivity contribution in [2.75, 3.05) is 0 Å². The fraction of sp³-hybridized carbons (Fsp3) is 0.667. The molecule has 4 heteroatoms. The van der Waals surface area contributed by atoms with Crippen molar-refractivity contribution in [2.24, 2.45) is 5.73 Å². The van der Waals surface area contributed by atoms with Crippen molar-refractivity contribution < 1.29 is 10.0 Å². The first kappa shape index (κ1) is 10.2. The average Bonchev–Trinajstić information content (AvgIpc) is 2.11. The van der Waals surface area contributed by atoms with Crippen molar-refractivity contribution in [3.05, 3.63) is 11.6 Å². The van der Waals surface area contributed by atoms with E-state index < -0.39 is 17.0 Å². The van der Waals surface area contributed by atoms with Crippen molar-refractivity contribution in [1.29, 1.82) is 0 Å². The SMILES string of the molecule is CC1(C)C=C(C(N)=O)C(C)(C)N1[O]. The van der Waals surface area contributed by atoms with Gasteiger partial charge in [0, 0.05) is 5.57 Å². The van der Waals surface area contributed by atoms with E-state index in [0.717, 1.165) is 5.06 Å². The van der Waals surface area contributed by atoms with Gasteiger partial charge in [0.15, 0.2) is 0 Å². The highest BCUT2D eigenvalue weighted by molar-refractivity contribution is 5.95. The Morgan fingerprint density at radius 1 is 1.38 bits per heavy atom. The summed E-state index contributed by atoms with van der Waals surface area (Å²) in [5.74, 6) is -0.517. The van der Waals surface area contributed by atoms with Gasteiger partial charge < -0.3 is 5.73 Å². The van der Waals surface area contributed by atoms with Crippen LogP contribution in [0.4, 0.5) is 0 Å². The number of rotatable bonds is 1. The largest absolute Gasteiger partial charge is 0.366 e. The Balaban J connectivity index is 3.17. The lowest BCUT2D eigenvalue weighted by Crippen LogP contribution is -2.48. The number of hydrogen-bond acceptors (Lipinski definition) is 2. The van der Waals surface area contributed by atoms with Crippen LogP contribution >= 0.6 is 0 Å². The summed E-state index contributed by atoms with van der Waals surface area (Å²) in [6.07, 6.45) is 1.64. The second-order valence-electron chi connectivity index (χ2n) is 4.43. The van der Waals surface area contributed by atoms with Gasteiger partial charge in [0.1, 0.15) is 0 Å². The van der Waals surface area contributed by atoms with Crippen molar-refractivity contribution in [2.45, 2.75) is 38.8 Å². The van der Waals surface area contributed by atoms with Gasteiger partial charge in [-0.2, -0.15) is 0 Å². The zero-order chi connectivity index (χ0) is 10.4. The fourth-order valence-electron chi connectivity index (χ4n) is 1.79. The number of hydroxylamine groups is 2. The lowest BCUT2D eigenvalue weighted by Gasteiger charge is -2.33. The molecule has 0 saturated carbocycles. The van der Waals surface area contributed by atoms with Gasteiger partial charge in [0.05, 0.1) is 11.1 Å². The smallest absolute Gasteiger partial charge is 0.246 e. The number of carbonyl (C=O) groups is 1. The molecule has 0 aromatic carbocycles. The van der Waals surface area contributed by atoms with E-state index in [1.54, 1.807) is 33.8 Å². The van der Waals surface area contributed by atoms with Gasteiger partial charge in [-0.25, -0.2) is 0 Å². The highest BCUT2D eigenvalue weighted by Gasteiger charge is 2.48. The highest BCUT2D eigenvalue weighted by Crippen LogP contribution is 2.38. The van der Waals surface area contributed by atoms with E-state index in [9.17, 15) is 10.0 Å². The Kier molecular flexibility index (Phi) is 2.01. The summed E-state index contributed by atoms with van der Waals surface area (Å²) in [6.45, 7) is 6.92. The lowest BCUT2D eigenvalue weighted by molar-refractivity contribution is -0.238. The molecule has 0 atom stereocenters. The summed E-state index contributed by atoms with van der Waals surface area (Å²) in [5.41, 5.74) is 4.12. The molecule has 13 heavy (non-hydrogen) atoms. The lowest BCUT2D eigenvalue weighted by atomic mass is 9.96. The van der Waals surface area contributed by atoms with Crippen molar-refractivity contribution in [3.63, 3.8) is 0 Å². The molecule has 0 aromatic rings. The van der Waals surface area contributed by atoms with Crippen LogP contribution < -0.4 is 5.73 Å². The van der Waals surface area contributed by atoms with Crippen LogP contribution in [0.25, 0.3) is 0 Å². The van der Waals surface area contributed by atoms with E-state index in [2.05, 4.69) is 0 Å². The van der Waals surface area contributed by atoms with Crippen molar-refractivity contribution >= 4 is 5.91 Å². The van der Waals surface area contributed by atoms with E-state index in [4.69, 9.17) is 5.73 Å². The number of amides is 1. The van der Waals surface area contributed by atoms with Crippen molar-refractivity contribution in [3.8, 4) is 0 Å². The van der Waals surface area contributed by atoms with Gasteiger partial charge in [0.2, 0.25) is 5.91 Å². The van der Waals surface area contributed by atoms with Crippen LogP contribution in [-0.2, 0) is 10.0 Å². The quantitative estimate of drug-likeness (QED) is 0.647. The van der Waals surface area contributed by atoms with E-state index in [-0.39, 0.29) is 0 Å². The van der Waals surface area contributed by atoms with Gasteiger partial charge in [-0.15, -0.1) is 10.3 Å². The van der Waals surface area contributed by atoms with Gasteiger partial charge in [0.25, 0.3) is 0 Å². The van der Waals surface area contributed by atoms with Crippen LogP contribution in [0.15, 0.2) is 11.6 Å². The third kappa shape index (κ3) is 1.36. The molecule has 1 heterocycles. The first-order valence-corrected chi connectivity index (χ1v) is 4.20. The minimum Gasteiger partial charge on any atom is -0.366 e. The molecule has 0 saturated heterocycles. The second kappa shape index (κ2) is 2.56. The second-order valence-corrected chi connectivity index (χ2v) is 4.43. The van der Waals surface area contributed by atoms with Gasteiger partial charge in [-0.05, 0) is 27.7 Å². The number of nitrogens with zero attached hydrogens (tertiary/aromatic N) is 1. The van der Waals surface area contributed by atoms with Crippen LogP contribution in [-0.4, -0.2) is 22.0 Å². The van der Waals surface area contributed by atoms with E-state index in [0.29, 0.717) is 5.57 Å². The predicted molar refractivity (Wildman–Crippen MR) is 48.0 cm³/mol. The first-order valence-electron chi connectivity index (χ1n) is 4.20. The zero-order valence-electron chi connectivity index (χ0n) is 8.42. The summed E-state index contributed by atoms with van der Waals surface area (Å²) >= 11 is 0. The Morgan fingerprint density at radius 3 is 2.00 bits per heavy atom. The predicted octanol–water partition coefficient (Wildman–Crippen LogP) is 0.616. The Labute approximate surface area is 78.0 Å². The molecule has 73 valence electrons. The summed E-state index contributed by atoms with van der Waals surface area (Å²) in [5, 5.41) is 12.6. The summed E-state index contributed by atoms with van der Waals surface area (Å²) in [7, 11) is 0. The monoisotopic (exact) mass is 183 g/mol. The summed E-state index contributed by atoms with van der Waals surface area (Å²) in [6, 6.07) is 0. The maximum Gasteiger partial charge on any atom is 0.246 e. The third-order valence-corrected chi connectivity index (χ3v) is 2.45. The molecule has 0 spiro atoms. The van der Waals surface area contributed by atoms with E-state index >= 15 is 0 Å². The molecule has 1 aliphatic heterocycles. The number of nitrogens with two attached hydrogens (primary N) is 1. The van der Waals surface area contributed by atoms with Crippen LogP contribution in [0.5, 0.6) is 0 Å². The fourth-order valence-corrected chi connectivity index (χ4v) is 1.79. The van der Waals surface area contributed by atoms with Crippen LogP contribution in [0.2, 0.25) is 0 Å². The molecule has 0 bridgehead atoms. The molecule has 4 nitrogen and oxygen atoms in total. The van der Waals surface area contributed by atoms with Crippen LogP contribution in [0.3, 0.4) is 0 Å². The zero-order valence-corrected chi connectivity index (χ0v) is 8.42. The van der Waals surface area contributed by atoms with Crippen molar-refractivity contribution in [1.82, 2.24) is 5.06 Å². The summed E-state index contributed by atoms with van der Waals surface area (Å²) < 4.78 is 0. The minimum absolute atomic E-state index is 0.396. The van der Waals surface area contributed by atoms with E-state index in [1.807, 2.05) is 0 Å². The Hall–Kier alpha value is -0.870. The van der Waals surface area contributed by atoms with Crippen LogP contribution in [0, 0.1) is 0 Å². The molecule has 1 amide bonds. The molecule has 0 aliphatic carbocycles. The highest BCUT2D eigenvalue weighted by atomic mass is 16.5. The van der Waals surface area contributed by atoms with Gasteiger partial charge in [-0.3, -0.25) is 4.79 Å². The molecule has 0 aromatic heterocycles. The molecule has 1 aliphatic rings. The minimum atomic E-state index is -0.810. The molecular formula is C9H15N2O2. The maximum atomic E-state index is 11.7. The topological polar surface area (TPSA) is 66.2 Å². The molecular weight excluding hydrogens is 168 g/mol. The molecule has 1 rings (SSSR count).